The average Bonchev–Trinajstić information content (AvgIpc) is 3.16. The van der Waals surface area contributed by atoms with Gasteiger partial charge in [0, 0.05) is 22.2 Å². The molecule has 0 radical (unpaired) electrons. The van der Waals surface area contributed by atoms with E-state index in [9.17, 15) is 5.11 Å². The lowest BCUT2D eigenvalue weighted by molar-refractivity contribution is 0.474. The Kier molecular flexibility index (Phi) is 4.57. The molecule has 5 rings (SSSR count). The zero-order valence-corrected chi connectivity index (χ0v) is 16.7. The first-order valence-electron chi connectivity index (χ1n) is 9.82. The molecule has 2 nitrogen and oxygen atoms in total. The summed E-state index contributed by atoms with van der Waals surface area (Å²) < 4.78 is 0. The van der Waals surface area contributed by atoms with E-state index in [1.807, 2.05) is 36.4 Å². The molecular weight excluding hydrogens is 378 g/mol. The lowest BCUT2D eigenvalue weighted by atomic mass is 10.0. The van der Waals surface area contributed by atoms with Gasteiger partial charge < -0.3 is 5.11 Å². The summed E-state index contributed by atoms with van der Waals surface area (Å²) >= 11 is 6.30. The summed E-state index contributed by atoms with van der Waals surface area (Å²) in [5.41, 5.74) is 6.59. The third-order valence-corrected chi connectivity index (χ3v) is 6.01. The minimum atomic E-state index is 0.225. The van der Waals surface area contributed by atoms with Gasteiger partial charge in [-0.2, -0.15) is 0 Å². The zero-order valence-electron chi connectivity index (χ0n) is 15.9. The van der Waals surface area contributed by atoms with Crippen molar-refractivity contribution in [1.82, 2.24) is 0 Å². The molecule has 142 valence electrons. The van der Waals surface area contributed by atoms with Gasteiger partial charge in [0.25, 0.3) is 0 Å². The van der Waals surface area contributed by atoms with Gasteiger partial charge in [-0.05, 0) is 71.2 Å². The highest BCUT2D eigenvalue weighted by Gasteiger charge is 2.15. The highest BCUT2D eigenvalue weighted by atomic mass is 35.5. The molecule has 1 N–H and O–H groups in total. The Bertz CT molecular complexity index is 1250. The van der Waals surface area contributed by atoms with E-state index >= 15 is 0 Å². The van der Waals surface area contributed by atoms with E-state index in [1.165, 1.54) is 21.9 Å². The maximum atomic E-state index is 10.3. The standard InChI is InChI=1S/C26H20ClNO/c27-23-7-2-1-4-20(23)14-17-8-13-25(29)21(15-17)16-28-24-12-11-19-10-9-18-5-3-6-22(24)26(18)19/h1-8,11-13,15-16,29H,9-10,14H2. The van der Waals surface area contributed by atoms with Crippen molar-refractivity contribution in [3.63, 3.8) is 0 Å². The van der Waals surface area contributed by atoms with Crippen molar-refractivity contribution >= 4 is 34.3 Å². The zero-order chi connectivity index (χ0) is 19.8. The number of aliphatic imine (C=N–C) groups is 1. The van der Waals surface area contributed by atoms with Crippen LogP contribution in [0.4, 0.5) is 5.69 Å². The van der Waals surface area contributed by atoms with E-state index in [4.69, 9.17) is 16.6 Å². The Labute approximate surface area is 175 Å². The fourth-order valence-corrected chi connectivity index (χ4v) is 4.36. The molecule has 0 aliphatic heterocycles. The molecule has 29 heavy (non-hydrogen) atoms. The molecule has 0 aromatic heterocycles. The van der Waals surface area contributed by atoms with Crippen LogP contribution in [0.5, 0.6) is 5.75 Å². The molecule has 1 aliphatic carbocycles. The largest absolute Gasteiger partial charge is 0.507 e. The smallest absolute Gasteiger partial charge is 0.124 e. The molecule has 0 heterocycles. The van der Waals surface area contributed by atoms with Gasteiger partial charge in [-0.3, -0.25) is 4.99 Å². The highest BCUT2D eigenvalue weighted by Crippen LogP contribution is 2.36. The maximum Gasteiger partial charge on any atom is 0.124 e. The van der Waals surface area contributed by atoms with Crippen LogP contribution < -0.4 is 0 Å². The lowest BCUT2D eigenvalue weighted by Crippen LogP contribution is -1.92. The average molecular weight is 398 g/mol. The molecule has 1 aliphatic rings. The molecule has 4 aromatic carbocycles. The van der Waals surface area contributed by atoms with Crippen LogP contribution in [0.2, 0.25) is 5.02 Å². The van der Waals surface area contributed by atoms with Gasteiger partial charge in [-0.1, -0.05) is 60.1 Å². The highest BCUT2D eigenvalue weighted by molar-refractivity contribution is 6.31. The Hall–Kier alpha value is -3.10. The van der Waals surface area contributed by atoms with Crippen LogP contribution in [0, 0.1) is 0 Å². The lowest BCUT2D eigenvalue weighted by Gasteiger charge is -2.07. The summed E-state index contributed by atoms with van der Waals surface area (Å²) in [6.07, 6.45) is 4.67. The summed E-state index contributed by atoms with van der Waals surface area (Å²) in [4.78, 5) is 4.73. The van der Waals surface area contributed by atoms with Gasteiger partial charge >= 0.3 is 0 Å². The molecule has 0 spiro atoms. The Morgan fingerprint density at radius 2 is 1.72 bits per heavy atom. The number of benzene rings is 4. The van der Waals surface area contributed by atoms with Crippen molar-refractivity contribution < 1.29 is 5.11 Å². The summed E-state index contributed by atoms with van der Waals surface area (Å²) in [6, 6.07) is 24.2. The number of aryl methyl sites for hydroxylation is 2. The quantitative estimate of drug-likeness (QED) is 0.384. The third-order valence-electron chi connectivity index (χ3n) is 5.64. The van der Waals surface area contributed by atoms with Gasteiger partial charge in [0.15, 0.2) is 0 Å². The SMILES string of the molecule is Oc1ccc(Cc2ccccc2Cl)cc1C=Nc1ccc2c3c(cccc13)CC2. The van der Waals surface area contributed by atoms with Crippen molar-refractivity contribution in [2.24, 2.45) is 4.99 Å². The monoisotopic (exact) mass is 397 g/mol. The maximum absolute atomic E-state index is 10.3. The Morgan fingerprint density at radius 3 is 2.59 bits per heavy atom. The first kappa shape index (κ1) is 18.0. The van der Waals surface area contributed by atoms with Gasteiger partial charge in [0.1, 0.15) is 5.75 Å². The van der Waals surface area contributed by atoms with Crippen LogP contribution >= 0.6 is 11.6 Å². The number of halogens is 1. The molecule has 0 fully saturated rings. The minimum absolute atomic E-state index is 0.225. The van der Waals surface area contributed by atoms with Crippen LogP contribution in [0.15, 0.2) is 77.8 Å². The van der Waals surface area contributed by atoms with Crippen LogP contribution in [0.1, 0.15) is 27.8 Å². The second-order valence-corrected chi connectivity index (χ2v) is 7.91. The van der Waals surface area contributed by atoms with Crippen molar-refractivity contribution in [1.29, 1.82) is 0 Å². The van der Waals surface area contributed by atoms with Gasteiger partial charge in [0.05, 0.1) is 5.69 Å². The number of hydrogen-bond donors (Lipinski definition) is 1. The Balaban J connectivity index is 1.49. The normalized spacial score (nSPS) is 12.9. The second kappa shape index (κ2) is 7.38. The minimum Gasteiger partial charge on any atom is -0.507 e. The Morgan fingerprint density at radius 1 is 0.897 bits per heavy atom. The summed E-state index contributed by atoms with van der Waals surface area (Å²) in [6.45, 7) is 0. The topological polar surface area (TPSA) is 32.6 Å². The van der Waals surface area contributed by atoms with E-state index in [0.717, 1.165) is 34.7 Å². The summed E-state index contributed by atoms with van der Waals surface area (Å²) in [5.74, 6) is 0.225. The van der Waals surface area contributed by atoms with Gasteiger partial charge in [-0.15, -0.1) is 0 Å². The fraction of sp³-hybridized carbons (Fsp3) is 0.115. The first-order valence-corrected chi connectivity index (χ1v) is 10.2. The van der Waals surface area contributed by atoms with E-state index in [1.54, 1.807) is 12.3 Å². The van der Waals surface area contributed by atoms with Crippen molar-refractivity contribution in [2.75, 3.05) is 0 Å². The third kappa shape index (κ3) is 3.41. The number of phenolic OH excluding ortho intramolecular Hbond substituents is 1. The van der Waals surface area contributed by atoms with Gasteiger partial charge in [-0.25, -0.2) is 0 Å². The van der Waals surface area contributed by atoms with Crippen LogP contribution in [-0.4, -0.2) is 11.3 Å². The van der Waals surface area contributed by atoms with E-state index in [2.05, 4.69) is 30.3 Å². The molecular formula is C26H20ClNO. The summed E-state index contributed by atoms with van der Waals surface area (Å²) in [7, 11) is 0. The van der Waals surface area contributed by atoms with E-state index in [0.29, 0.717) is 12.0 Å². The predicted molar refractivity (Wildman–Crippen MR) is 121 cm³/mol. The number of phenols is 1. The number of aromatic hydroxyl groups is 1. The predicted octanol–water partition coefficient (Wildman–Crippen LogP) is 6.64. The molecule has 0 atom stereocenters. The molecule has 0 amide bonds. The number of hydrogen-bond acceptors (Lipinski definition) is 2. The van der Waals surface area contributed by atoms with E-state index < -0.39 is 0 Å². The van der Waals surface area contributed by atoms with Crippen molar-refractivity contribution in [2.45, 2.75) is 19.3 Å². The van der Waals surface area contributed by atoms with Gasteiger partial charge in [0.2, 0.25) is 0 Å². The van der Waals surface area contributed by atoms with E-state index in [-0.39, 0.29) is 5.75 Å². The molecule has 0 bridgehead atoms. The van der Waals surface area contributed by atoms with Crippen LogP contribution in [0.25, 0.3) is 10.8 Å². The molecule has 0 unspecified atom stereocenters. The molecule has 4 aromatic rings. The first-order chi connectivity index (χ1) is 14.2. The number of nitrogens with zero attached hydrogens (tertiary/aromatic N) is 1. The van der Waals surface area contributed by atoms with Crippen molar-refractivity contribution in [3.05, 3.63) is 106 Å². The van der Waals surface area contributed by atoms with Crippen LogP contribution in [0.3, 0.4) is 0 Å². The molecule has 3 heteroatoms. The second-order valence-electron chi connectivity index (χ2n) is 7.50. The molecule has 0 saturated carbocycles. The van der Waals surface area contributed by atoms with Crippen molar-refractivity contribution in [3.8, 4) is 5.75 Å². The summed E-state index contributed by atoms with van der Waals surface area (Å²) in [5, 5.41) is 13.6. The van der Waals surface area contributed by atoms with Crippen LogP contribution in [-0.2, 0) is 19.3 Å². The fourth-order valence-electron chi connectivity index (χ4n) is 4.16. The molecule has 0 saturated heterocycles. The number of rotatable bonds is 4.